The van der Waals surface area contributed by atoms with Crippen molar-refractivity contribution >= 4 is 22.9 Å². The van der Waals surface area contributed by atoms with E-state index in [1.807, 2.05) is 0 Å². The highest BCUT2D eigenvalue weighted by molar-refractivity contribution is 5.94. The molecular weight excluding hydrogens is 480 g/mol. The van der Waals surface area contributed by atoms with Gasteiger partial charge in [0.15, 0.2) is 6.04 Å². The molecule has 1 aliphatic rings. The summed E-state index contributed by atoms with van der Waals surface area (Å²) in [6.07, 6.45) is -4.60. The molecule has 1 atom stereocenters. The lowest BCUT2D eigenvalue weighted by Crippen LogP contribution is -2.39. The molecule has 1 aliphatic heterocycles. The van der Waals surface area contributed by atoms with Gasteiger partial charge in [0.05, 0.1) is 11.1 Å². The number of hydrogen-bond acceptors (Lipinski definition) is 4. The minimum Gasteiger partial charge on any atom is -0.478 e. The number of pyridine rings is 2. The Morgan fingerprint density at radius 1 is 1.09 bits per heavy atom. The van der Waals surface area contributed by atoms with Crippen LogP contribution in [-0.2, 0) is 0 Å². The molecule has 6 nitrogen and oxygen atoms in total. The van der Waals surface area contributed by atoms with E-state index < -0.39 is 65.1 Å². The van der Waals surface area contributed by atoms with E-state index in [-0.39, 0.29) is 24.3 Å². The minimum absolute atomic E-state index is 0.0801. The molecule has 35 heavy (non-hydrogen) atoms. The highest BCUT2D eigenvalue weighted by Crippen LogP contribution is 2.39. The van der Waals surface area contributed by atoms with Crippen LogP contribution in [0.15, 0.2) is 53.5 Å². The van der Waals surface area contributed by atoms with E-state index >= 15 is 0 Å². The summed E-state index contributed by atoms with van der Waals surface area (Å²) in [6.45, 7) is -0.160. The third kappa shape index (κ3) is 5.05. The van der Waals surface area contributed by atoms with E-state index in [2.05, 4.69) is 5.32 Å². The number of aromatic carboxylic acids is 1. The van der Waals surface area contributed by atoms with Crippen molar-refractivity contribution in [1.29, 1.82) is 0 Å². The molecule has 3 aromatic rings. The third-order valence-electron chi connectivity index (χ3n) is 5.87. The number of carbonyl (C=O) groups is 1. The molecule has 4 rings (SSSR count). The van der Waals surface area contributed by atoms with Crippen LogP contribution in [0, 0.1) is 5.82 Å². The van der Waals surface area contributed by atoms with Gasteiger partial charge in [-0.25, -0.2) is 18.0 Å². The number of anilines is 2. The van der Waals surface area contributed by atoms with Crippen LogP contribution in [0.25, 0.3) is 5.52 Å². The SMILES string of the molecule is O=C(O)c1cc(F)ccc1N[C@@H](c1cccn2c(=O)cc(N3CCC(F)(F)CC3)cc12)C(F)(F)F. The Bertz CT molecular complexity index is 1330. The molecule has 0 aliphatic carbocycles. The zero-order chi connectivity index (χ0) is 25.5. The topological polar surface area (TPSA) is 74.0 Å². The van der Waals surface area contributed by atoms with Gasteiger partial charge >= 0.3 is 12.1 Å². The summed E-state index contributed by atoms with van der Waals surface area (Å²) in [5.74, 6) is -5.42. The molecule has 0 saturated carbocycles. The van der Waals surface area contributed by atoms with E-state index in [9.17, 15) is 41.0 Å². The Hall–Kier alpha value is -3.70. The number of piperidine rings is 1. The molecule has 2 N–H and O–H groups in total. The number of rotatable bonds is 5. The molecule has 0 unspecified atom stereocenters. The molecule has 186 valence electrons. The first-order valence-electron chi connectivity index (χ1n) is 10.5. The number of carboxylic acid groups (broad SMARTS) is 1. The Morgan fingerprint density at radius 3 is 2.40 bits per heavy atom. The zero-order valence-corrected chi connectivity index (χ0v) is 18.0. The summed E-state index contributed by atoms with van der Waals surface area (Å²) in [6, 6.07) is 4.65. The van der Waals surface area contributed by atoms with Crippen molar-refractivity contribution in [3.8, 4) is 0 Å². The Balaban J connectivity index is 1.82. The van der Waals surface area contributed by atoms with Crippen LogP contribution in [0.4, 0.5) is 37.7 Å². The maximum absolute atomic E-state index is 14.2. The molecule has 3 heterocycles. The molecule has 0 bridgehead atoms. The first kappa shape index (κ1) is 24.4. The van der Waals surface area contributed by atoms with Crippen molar-refractivity contribution in [3.63, 3.8) is 0 Å². The maximum Gasteiger partial charge on any atom is 0.412 e. The van der Waals surface area contributed by atoms with Gasteiger partial charge in [-0.3, -0.25) is 9.20 Å². The lowest BCUT2D eigenvalue weighted by Gasteiger charge is -2.33. The van der Waals surface area contributed by atoms with E-state index in [4.69, 9.17) is 0 Å². The first-order valence-corrected chi connectivity index (χ1v) is 10.5. The number of nitrogens with one attached hydrogen (secondary N) is 1. The zero-order valence-electron chi connectivity index (χ0n) is 18.0. The van der Waals surface area contributed by atoms with Gasteiger partial charge in [0.1, 0.15) is 5.82 Å². The predicted octanol–water partition coefficient (Wildman–Crippen LogP) is 5.09. The summed E-state index contributed by atoms with van der Waals surface area (Å²) >= 11 is 0. The minimum atomic E-state index is -4.95. The smallest absolute Gasteiger partial charge is 0.412 e. The summed E-state index contributed by atoms with van der Waals surface area (Å²) in [5, 5.41) is 11.4. The molecule has 0 radical (unpaired) electrons. The molecule has 0 amide bonds. The molecule has 12 heteroatoms. The lowest BCUT2D eigenvalue weighted by atomic mass is 10.0. The highest BCUT2D eigenvalue weighted by atomic mass is 19.4. The standard InChI is InChI=1S/C23H19F6N3O3/c24-13-3-4-17(16(10-13)21(34)35)30-20(23(27,28)29)15-2-1-7-32-18(15)11-14(12-19(32)33)31-8-5-22(25,26)6-9-31/h1-4,7,10-12,20,30H,5-6,8-9H2,(H,34,35)/t20-/m0/s1. The number of halogens is 6. The van der Waals surface area contributed by atoms with Crippen molar-refractivity contribution in [1.82, 2.24) is 4.40 Å². The largest absolute Gasteiger partial charge is 0.478 e. The van der Waals surface area contributed by atoms with Crippen molar-refractivity contribution in [2.45, 2.75) is 31.0 Å². The van der Waals surface area contributed by atoms with E-state index in [0.29, 0.717) is 6.07 Å². The van der Waals surface area contributed by atoms with Gasteiger partial charge < -0.3 is 15.3 Å². The predicted molar refractivity (Wildman–Crippen MR) is 116 cm³/mol. The van der Waals surface area contributed by atoms with Gasteiger partial charge in [0.25, 0.3) is 11.5 Å². The second-order valence-corrected chi connectivity index (χ2v) is 8.23. The van der Waals surface area contributed by atoms with Gasteiger partial charge in [-0.1, -0.05) is 6.07 Å². The number of alkyl halides is 5. The fourth-order valence-electron chi connectivity index (χ4n) is 4.09. The van der Waals surface area contributed by atoms with Crippen molar-refractivity contribution in [2.75, 3.05) is 23.3 Å². The molecule has 1 aromatic carbocycles. The van der Waals surface area contributed by atoms with Crippen molar-refractivity contribution in [3.05, 3.63) is 76.0 Å². The van der Waals surface area contributed by atoms with Crippen LogP contribution in [0.5, 0.6) is 0 Å². The lowest BCUT2D eigenvalue weighted by molar-refractivity contribution is -0.143. The quantitative estimate of drug-likeness (QED) is 0.479. The number of nitrogens with zero attached hydrogens (tertiary/aromatic N) is 2. The maximum atomic E-state index is 14.2. The van der Waals surface area contributed by atoms with Crippen LogP contribution < -0.4 is 15.8 Å². The van der Waals surface area contributed by atoms with Crippen LogP contribution in [-0.4, -0.2) is 40.7 Å². The average molecular weight is 499 g/mol. The summed E-state index contributed by atoms with van der Waals surface area (Å²) in [7, 11) is 0. The molecule has 0 spiro atoms. The van der Waals surface area contributed by atoms with E-state index in [0.717, 1.165) is 22.6 Å². The fraction of sp³-hybridized carbons (Fsp3) is 0.304. The second-order valence-electron chi connectivity index (χ2n) is 8.23. The molecule has 2 aromatic heterocycles. The van der Waals surface area contributed by atoms with Crippen molar-refractivity contribution in [2.24, 2.45) is 0 Å². The van der Waals surface area contributed by atoms with Gasteiger partial charge in [-0.15, -0.1) is 0 Å². The van der Waals surface area contributed by atoms with Gasteiger partial charge in [-0.05, 0) is 30.3 Å². The van der Waals surface area contributed by atoms with Crippen LogP contribution in [0.3, 0.4) is 0 Å². The molecule has 1 saturated heterocycles. The number of carboxylic acids is 1. The van der Waals surface area contributed by atoms with E-state index in [1.54, 1.807) is 0 Å². The summed E-state index contributed by atoms with van der Waals surface area (Å²) in [5.41, 5.74) is -2.17. The van der Waals surface area contributed by atoms with Gasteiger partial charge in [0.2, 0.25) is 0 Å². The number of fused-ring (bicyclic) bond motifs is 1. The number of hydrogen-bond donors (Lipinski definition) is 2. The third-order valence-corrected chi connectivity index (χ3v) is 5.87. The van der Waals surface area contributed by atoms with Gasteiger partial charge in [0, 0.05) is 55.1 Å². The monoisotopic (exact) mass is 499 g/mol. The van der Waals surface area contributed by atoms with Crippen LogP contribution in [0.1, 0.15) is 34.8 Å². The second kappa shape index (κ2) is 8.82. The molecular formula is C23H19F6N3O3. The Kier molecular flexibility index (Phi) is 6.16. The highest BCUT2D eigenvalue weighted by Gasteiger charge is 2.42. The van der Waals surface area contributed by atoms with E-state index in [1.165, 1.54) is 29.3 Å². The van der Waals surface area contributed by atoms with Crippen LogP contribution >= 0.6 is 0 Å². The normalized spacial score (nSPS) is 16.8. The first-order chi connectivity index (χ1) is 16.4. The average Bonchev–Trinajstić information content (AvgIpc) is 2.77. The Labute approximate surface area is 194 Å². The van der Waals surface area contributed by atoms with Gasteiger partial charge in [-0.2, -0.15) is 13.2 Å². The van der Waals surface area contributed by atoms with Crippen molar-refractivity contribution < 1.29 is 36.2 Å². The Morgan fingerprint density at radius 2 is 1.77 bits per heavy atom. The molecule has 1 fully saturated rings. The number of aromatic nitrogens is 1. The van der Waals surface area contributed by atoms with Crippen LogP contribution in [0.2, 0.25) is 0 Å². The summed E-state index contributed by atoms with van der Waals surface area (Å²) in [4.78, 5) is 25.7. The summed E-state index contributed by atoms with van der Waals surface area (Å²) < 4.78 is 84.2. The fourth-order valence-corrected chi connectivity index (χ4v) is 4.09. The number of benzene rings is 1.